The van der Waals surface area contributed by atoms with Gasteiger partial charge < -0.3 is 9.47 Å². The number of fused-ring (bicyclic) bond motifs is 2. The van der Waals surface area contributed by atoms with Gasteiger partial charge in [0.2, 0.25) is 0 Å². The third-order valence-corrected chi connectivity index (χ3v) is 5.62. The minimum atomic E-state index is -0.356. The molecule has 1 aromatic carbocycles. The van der Waals surface area contributed by atoms with E-state index >= 15 is 0 Å². The van der Waals surface area contributed by atoms with Gasteiger partial charge in [0.25, 0.3) is 0 Å². The Balaban J connectivity index is 1.81. The summed E-state index contributed by atoms with van der Waals surface area (Å²) in [6.45, 7) is 3.33. The monoisotopic (exact) mass is 353 g/mol. The number of ether oxygens (including phenoxy) is 2. The van der Waals surface area contributed by atoms with Gasteiger partial charge in [0.1, 0.15) is 5.75 Å². The Bertz CT molecular complexity index is 640. The fraction of sp³-hybridized carbons (Fsp3) is 0.556. The zero-order chi connectivity index (χ0) is 15.9. The van der Waals surface area contributed by atoms with Crippen molar-refractivity contribution in [1.29, 1.82) is 0 Å². The van der Waals surface area contributed by atoms with Crippen molar-refractivity contribution in [3.05, 3.63) is 33.3 Å². The molecule has 5 heteroatoms. The van der Waals surface area contributed by atoms with Crippen molar-refractivity contribution >= 4 is 29.3 Å². The normalized spacial score (nSPS) is 28.2. The topological polar surface area (TPSA) is 21.7 Å². The maximum Gasteiger partial charge on any atom is 0.186 e. The number of morpholine rings is 1. The van der Waals surface area contributed by atoms with Crippen molar-refractivity contribution in [2.75, 3.05) is 26.3 Å². The molecule has 3 nitrogen and oxygen atoms in total. The van der Waals surface area contributed by atoms with Crippen LogP contribution < -0.4 is 4.74 Å². The quantitative estimate of drug-likeness (QED) is 0.726. The van der Waals surface area contributed by atoms with Crippen LogP contribution in [0.3, 0.4) is 0 Å². The molecule has 0 amide bonds. The van der Waals surface area contributed by atoms with E-state index < -0.39 is 0 Å². The molecule has 0 N–H and O–H groups in total. The molecule has 23 heavy (non-hydrogen) atoms. The first-order valence-corrected chi connectivity index (χ1v) is 9.16. The largest absolute Gasteiger partial charge is 0.466 e. The van der Waals surface area contributed by atoms with Crippen molar-refractivity contribution in [1.82, 2.24) is 4.90 Å². The van der Waals surface area contributed by atoms with E-state index in [9.17, 15) is 0 Å². The summed E-state index contributed by atoms with van der Waals surface area (Å²) < 4.78 is 12.2. The fourth-order valence-electron chi connectivity index (χ4n) is 4.02. The second kappa shape index (κ2) is 6.29. The Hall–Kier alpha value is -0.740. The molecule has 0 radical (unpaired) electrons. The molecular formula is C18H21Cl2NO2. The molecule has 1 saturated carbocycles. The lowest BCUT2D eigenvalue weighted by atomic mass is 9.90. The number of halogens is 2. The third-order valence-electron chi connectivity index (χ3n) is 5.12. The Labute approximate surface area is 147 Å². The average molecular weight is 354 g/mol. The highest BCUT2D eigenvalue weighted by Crippen LogP contribution is 2.47. The lowest BCUT2D eigenvalue weighted by molar-refractivity contribution is -0.105. The molecule has 1 aromatic rings. The predicted octanol–water partition coefficient (Wildman–Crippen LogP) is 4.76. The first kappa shape index (κ1) is 15.8. The van der Waals surface area contributed by atoms with Gasteiger partial charge in [0.15, 0.2) is 5.72 Å². The van der Waals surface area contributed by atoms with E-state index in [0.717, 1.165) is 50.5 Å². The lowest BCUT2D eigenvalue weighted by Crippen LogP contribution is -2.58. The van der Waals surface area contributed by atoms with Gasteiger partial charge >= 0.3 is 0 Å². The highest BCUT2D eigenvalue weighted by molar-refractivity contribution is 6.36. The number of hydrogen-bond donors (Lipinski definition) is 0. The van der Waals surface area contributed by atoms with Crippen LogP contribution in [0.1, 0.15) is 37.7 Å². The van der Waals surface area contributed by atoms with Crippen LogP contribution in [0.2, 0.25) is 10.0 Å². The van der Waals surface area contributed by atoms with Crippen molar-refractivity contribution in [3.8, 4) is 5.75 Å². The summed E-state index contributed by atoms with van der Waals surface area (Å²) in [7, 11) is 0. The lowest BCUT2D eigenvalue weighted by Gasteiger charge is -2.48. The Morgan fingerprint density at radius 2 is 1.87 bits per heavy atom. The third kappa shape index (κ3) is 2.78. The maximum atomic E-state index is 6.64. The highest BCUT2D eigenvalue weighted by atomic mass is 35.5. The molecule has 0 spiro atoms. The van der Waals surface area contributed by atoms with Gasteiger partial charge in [-0.2, -0.15) is 0 Å². The molecule has 2 heterocycles. The van der Waals surface area contributed by atoms with E-state index in [4.69, 9.17) is 32.7 Å². The fourth-order valence-corrected chi connectivity index (χ4v) is 4.56. The molecule has 0 unspecified atom stereocenters. The number of hydrogen-bond acceptors (Lipinski definition) is 3. The van der Waals surface area contributed by atoms with E-state index in [0.29, 0.717) is 10.0 Å². The van der Waals surface area contributed by atoms with E-state index in [1.54, 1.807) is 6.07 Å². The van der Waals surface area contributed by atoms with Crippen LogP contribution in [0, 0.1) is 0 Å². The minimum absolute atomic E-state index is 0.356. The molecule has 1 aliphatic carbocycles. The minimum Gasteiger partial charge on any atom is -0.466 e. The van der Waals surface area contributed by atoms with Crippen LogP contribution in [-0.2, 0) is 4.74 Å². The molecule has 1 saturated heterocycles. The molecule has 3 aliphatic rings. The van der Waals surface area contributed by atoms with E-state index in [-0.39, 0.29) is 5.72 Å². The number of rotatable bonds is 1. The smallest absolute Gasteiger partial charge is 0.186 e. The van der Waals surface area contributed by atoms with Crippen LogP contribution in [0.4, 0.5) is 0 Å². The highest BCUT2D eigenvalue weighted by Gasteiger charge is 2.46. The predicted molar refractivity (Wildman–Crippen MR) is 93.3 cm³/mol. The molecule has 2 aliphatic heterocycles. The summed E-state index contributed by atoms with van der Waals surface area (Å²) in [5, 5.41) is 1.25. The van der Waals surface area contributed by atoms with Crippen molar-refractivity contribution in [3.63, 3.8) is 0 Å². The SMILES string of the molecule is Clc1cc(Cl)c2c(c1)C=C1CCCCC[C@]1(N1CCOCC1)O2. The van der Waals surface area contributed by atoms with Crippen LogP contribution in [-0.4, -0.2) is 36.9 Å². The molecule has 124 valence electrons. The Morgan fingerprint density at radius 1 is 1.04 bits per heavy atom. The average Bonchev–Trinajstić information content (AvgIpc) is 2.77. The standard InChI is InChI=1S/C18H21Cl2NO2/c19-15-11-13-10-14-4-2-1-3-5-18(14,21-6-8-22-9-7-21)23-17(13)16(20)12-15/h10-12H,1-9H2/t18-/m0/s1. The maximum absolute atomic E-state index is 6.64. The molecular weight excluding hydrogens is 333 g/mol. The van der Waals surface area contributed by atoms with E-state index in [1.807, 2.05) is 6.07 Å². The van der Waals surface area contributed by atoms with Gasteiger partial charge in [0, 0.05) is 30.1 Å². The Kier molecular flexibility index (Phi) is 4.31. The van der Waals surface area contributed by atoms with Gasteiger partial charge in [-0.05, 0) is 43.0 Å². The van der Waals surface area contributed by atoms with Crippen molar-refractivity contribution in [2.45, 2.75) is 37.8 Å². The molecule has 2 fully saturated rings. The van der Waals surface area contributed by atoms with Crippen molar-refractivity contribution in [2.24, 2.45) is 0 Å². The van der Waals surface area contributed by atoms with Crippen LogP contribution in [0.25, 0.3) is 6.08 Å². The number of benzene rings is 1. The summed E-state index contributed by atoms with van der Waals surface area (Å²) in [5.74, 6) is 0.771. The molecule has 4 rings (SSSR count). The van der Waals surface area contributed by atoms with E-state index in [1.165, 1.54) is 24.8 Å². The Morgan fingerprint density at radius 3 is 2.70 bits per heavy atom. The summed E-state index contributed by atoms with van der Waals surface area (Å²) >= 11 is 12.6. The van der Waals surface area contributed by atoms with E-state index in [2.05, 4.69) is 11.0 Å². The van der Waals surface area contributed by atoms with Crippen LogP contribution in [0.15, 0.2) is 17.7 Å². The van der Waals surface area contributed by atoms with Gasteiger partial charge in [-0.15, -0.1) is 0 Å². The first-order valence-electron chi connectivity index (χ1n) is 8.41. The summed E-state index contributed by atoms with van der Waals surface area (Å²) in [4.78, 5) is 2.45. The molecule has 1 atom stereocenters. The first-order chi connectivity index (χ1) is 11.2. The van der Waals surface area contributed by atoms with Gasteiger partial charge in [0.05, 0.1) is 18.2 Å². The second-order valence-corrected chi connectivity index (χ2v) is 7.37. The van der Waals surface area contributed by atoms with Crippen LogP contribution >= 0.6 is 23.2 Å². The molecule has 0 bridgehead atoms. The van der Waals surface area contributed by atoms with Gasteiger partial charge in [-0.25, -0.2) is 0 Å². The summed E-state index contributed by atoms with van der Waals surface area (Å²) in [5.41, 5.74) is 2.01. The zero-order valence-electron chi connectivity index (χ0n) is 13.1. The second-order valence-electron chi connectivity index (χ2n) is 6.52. The summed E-state index contributed by atoms with van der Waals surface area (Å²) in [6, 6.07) is 3.72. The summed E-state index contributed by atoms with van der Waals surface area (Å²) in [6.07, 6.45) is 7.98. The molecule has 0 aromatic heterocycles. The van der Waals surface area contributed by atoms with Gasteiger partial charge in [-0.3, -0.25) is 4.90 Å². The van der Waals surface area contributed by atoms with Crippen molar-refractivity contribution < 1.29 is 9.47 Å². The number of nitrogens with zero attached hydrogens (tertiary/aromatic N) is 1. The zero-order valence-corrected chi connectivity index (χ0v) is 14.6. The van der Waals surface area contributed by atoms with Crippen LogP contribution in [0.5, 0.6) is 5.75 Å². The van der Waals surface area contributed by atoms with Gasteiger partial charge in [-0.1, -0.05) is 29.6 Å².